The Hall–Kier alpha value is -2.39. The highest BCUT2D eigenvalue weighted by Crippen LogP contribution is 2.58. The lowest BCUT2D eigenvalue weighted by Crippen LogP contribution is -2.37. The molecular weight excluding hydrogens is 662 g/mol. The van der Waals surface area contributed by atoms with E-state index in [0.29, 0.717) is 11.2 Å². The number of ether oxygens (including phenoxy) is 2. The van der Waals surface area contributed by atoms with Crippen molar-refractivity contribution in [2.24, 2.45) is 5.92 Å². The van der Waals surface area contributed by atoms with Gasteiger partial charge in [0.05, 0.1) is 25.9 Å². The molecule has 3 aliphatic rings. The predicted molar refractivity (Wildman–Crippen MR) is 157 cm³/mol. The summed E-state index contributed by atoms with van der Waals surface area (Å²) in [5, 5.41) is 11.3. The standard InChI is InChI=1S/C21H26N10O9P2S2/c1-8-14-9(37-20(8)30-6-28-11-16(22)24-4-26-18(11)30)2-35-42(34,44)40-15-10(3-36-41(33,43)39-14)38-21(13(15)32)31-7-29-12-17(23)25-5-27-19(12)31/h4-10,13-15,20-21,32H,2-3H2,1H3,(H,33,43)(H,34,44)(H2,22,24,26)(H2,23,25,27)/t8-,9-,10-,13-,14+,15-,20-,21-,41?,42?/m1/s1. The topological polar surface area (TPSA) is 252 Å². The Morgan fingerprint density at radius 2 is 1.43 bits per heavy atom. The van der Waals surface area contributed by atoms with Gasteiger partial charge in [0.15, 0.2) is 29.2 Å². The van der Waals surface area contributed by atoms with Gasteiger partial charge in [-0.15, -0.1) is 0 Å². The van der Waals surface area contributed by atoms with Crippen molar-refractivity contribution < 1.29 is 42.1 Å². The molecule has 0 radical (unpaired) electrons. The first-order chi connectivity index (χ1) is 20.9. The fraction of sp³-hybridized carbons (Fsp3) is 0.524. The van der Waals surface area contributed by atoms with Crippen LogP contribution in [-0.2, 0) is 43.9 Å². The third-order valence-electron chi connectivity index (χ3n) is 7.59. The third kappa shape index (κ3) is 5.29. The van der Waals surface area contributed by atoms with Crippen molar-refractivity contribution in [2.75, 3.05) is 24.7 Å². The summed E-state index contributed by atoms with van der Waals surface area (Å²) >= 11 is 9.50. The third-order valence-corrected chi connectivity index (χ3v) is 10.8. The molecule has 7 heterocycles. The molecule has 19 nitrogen and oxygen atoms in total. The number of nitrogens with zero attached hydrogens (tertiary/aromatic N) is 8. The van der Waals surface area contributed by atoms with Crippen LogP contribution in [0, 0.1) is 5.92 Å². The lowest BCUT2D eigenvalue weighted by molar-refractivity contribution is -0.0573. The molecule has 2 unspecified atom stereocenters. The van der Waals surface area contributed by atoms with Crippen molar-refractivity contribution in [3.05, 3.63) is 25.3 Å². The van der Waals surface area contributed by atoms with E-state index < -0.39 is 69.0 Å². The number of hydrogen-bond donors (Lipinski definition) is 5. The summed E-state index contributed by atoms with van der Waals surface area (Å²) in [7, 11) is 0. The normalized spacial score (nSPS) is 38.3. The highest BCUT2D eigenvalue weighted by molar-refractivity contribution is 8.44. The first kappa shape index (κ1) is 30.3. The number of aliphatic hydroxyl groups excluding tert-OH is 1. The highest BCUT2D eigenvalue weighted by atomic mass is 32.7. The number of aliphatic hydroxyl groups is 1. The molecule has 0 amide bonds. The second kappa shape index (κ2) is 11.1. The number of anilines is 2. The molecule has 3 saturated heterocycles. The van der Waals surface area contributed by atoms with Gasteiger partial charge >= 0.3 is 13.5 Å². The second-order valence-corrected chi connectivity index (χ2v) is 16.0. The van der Waals surface area contributed by atoms with Gasteiger partial charge in [-0.1, -0.05) is 19.2 Å². The summed E-state index contributed by atoms with van der Waals surface area (Å²) in [4.78, 5) is 35.9. The van der Waals surface area contributed by atoms with Gasteiger partial charge in [0.2, 0.25) is 0 Å². The summed E-state index contributed by atoms with van der Waals surface area (Å²) in [5.41, 5.74) is 13.2. The molecule has 0 aromatic carbocycles. The Morgan fingerprint density at radius 3 is 2.07 bits per heavy atom. The van der Waals surface area contributed by atoms with E-state index >= 15 is 0 Å². The summed E-state index contributed by atoms with van der Waals surface area (Å²) in [6.45, 7) is -7.11. The van der Waals surface area contributed by atoms with Gasteiger partial charge in [-0.05, 0) is 11.8 Å². The van der Waals surface area contributed by atoms with E-state index in [1.807, 2.05) is 0 Å². The quantitative estimate of drug-likeness (QED) is 0.143. The van der Waals surface area contributed by atoms with Gasteiger partial charge in [-0.3, -0.25) is 18.2 Å². The molecule has 6 N–H and O–H groups in total. The Morgan fingerprint density at radius 1 is 0.886 bits per heavy atom. The van der Waals surface area contributed by atoms with Crippen molar-refractivity contribution in [2.45, 2.75) is 49.9 Å². The number of hydrogen-bond acceptors (Lipinski definition) is 17. The van der Waals surface area contributed by atoms with Gasteiger partial charge < -0.3 is 40.0 Å². The molecule has 0 spiro atoms. The number of thiol groups is 1. The van der Waals surface area contributed by atoms with Crippen molar-refractivity contribution in [3.63, 3.8) is 0 Å². The minimum atomic E-state index is -4.17. The Kier molecular flexibility index (Phi) is 7.67. The van der Waals surface area contributed by atoms with E-state index in [2.05, 4.69) is 42.2 Å². The number of aromatic nitrogens is 8. The van der Waals surface area contributed by atoms with E-state index in [0.717, 1.165) is 0 Å². The van der Waals surface area contributed by atoms with E-state index in [-0.39, 0.29) is 29.4 Å². The summed E-state index contributed by atoms with van der Waals surface area (Å²) in [5.74, 6) is -0.167. The zero-order valence-corrected chi connectivity index (χ0v) is 26.1. The van der Waals surface area contributed by atoms with Gasteiger partial charge in [-0.2, -0.15) is 0 Å². The lowest BCUT2D eigenvalue weighted by atomic mass is 10.0. The number of imidazole rings is 2. The number of fused-ring (bicyclic) bond motifs is 4. The number of nitrogen functional groups attached to an aromatic ring is 2. The Bertz CT molecular complexity index is 1700. The van der Waals surface area contributed by atoms with E-state index in [1.54, 1.807) is 11.5 Å². The van der Waals surface area contributed by atoms with E-state index in [1.165, 1.54) is 29.9 Å². The smallest absolute Gasteiger partial charge is 0.386 e. The fourth-order valence-corrected chi connectivity index (χ4v) is 8.53. The maximum absolute atomic E-state index is 13.5. The predicted octanol–water partition coefficient (Wildman–Crippen LogP) is 0.694. The van der Waals surface area contributed by atoms with Crippen LogP contribution >= 0.6 is 25.8 Å². The van der Waals surface area contributed by atoms with Crippen molar-refractivity contribution in [1.82, 2.24) is 39.0 Å². The molecule has 0 bridgehead atoms. The maximum atomic E-state index is 13.5. The van der Waals surface area contributed by atoms with Crippen LogP contribution in [0.25, 0.3) is 22.3 Å². The molecule has 3 aliphatic heterocycles. The molecule has 7 rings (SSSR count). The first-order valence-corrected chi connectivity index (χ1v) is 18.4. The average Bonchev–Trinajstić information content (AvgIpc) is 3.73. The van der Waals surface area contributed by atoms with E-state index in [4.69, 9.17) is 50.8 Å². The van der Waals surface area contributed by atoms with Crippen LogP contribution in [0.1, 0.15) is 19.4 Å². The first-order valence-electron chi connectivity index (χ1n) is 13.1. The van der Waals surface area contributed by atoms with Gasteiger partial charge in [0, 0.05) is 5.92 Å². The summed E-state index contributed by atoms with van der Waals surface area (Å²) < 4.78 is 51.8. The molecule has 23 heteroatoms. The largest absolute Gasteiger partial charge is 0.386 e. The molecule has 0 aliphatic carbocycles. The fourth-order valence-electron chi connectivity index (χ4n) is 5.53. The van der Waals surface area contributed by atoms with Crippen molar-refractivity contribution in [3.8, 4) is 0 Å². The maximum Gasteiger partial charge on any atom is 0.386 e. The van der Waals surface area contributed by atoms with Gasteiger partial charge in [-0.25, -0.2) is 34.5 Å². The van der Waals surface area contributed by atoms with Crippen LogP contribution in [0.3, 0.4) is 0 Å². The van der Waals surface area contributed by atoms with E-state index in [9.17, 15) is 14.6 Å². The molecule has 4 aromatic heterocycles. The SMILES string of the molecule is C[C@@H]1[C@@H]2OP(O)(=S)OC[C@H]3O[C@@H](n4cnc5c(N)ncnc54)[C@H](O)[C@@H]3OP(=O)(S)OC[C@H]2O[C@H]1n1cnc2c(N)ncnc21. The average molecular weight is 689 g/mol. The minimum Gasteiger partial charge on any atom is -0.386 e. The zero-order valence-electron chi connectivity index (χ0n) is 22.6. The number of rotatable bonds is 2. The second-order valence-electron chi connectivity index (χ2n) is 10.3. The van der Waals surface area contributed by atoms with Crippen LogP contribution in [0.15, 0.2) is 25.3 Å². The highest BCUT2D eigenvalue weighted by Gasteiger charge is 2.52. The molecular formula is C21H26N10O9P2S2. The van der Waals surface area contributed by atoms with Gasteiger partial charge in [0.1, 0.15) is 60.4 Å². The molecule has 0 saturated carbocycles. The molecule has 44 heavy (non-hydrogen) atoms. The summed E-state index contributed by atoms with van der Waals surface area (Å²) in [6.07, 6.45) is -2.21. The minimum absolute atomic E-state index is 0.126. The molecule has 236 valence electrons. The lowest BCUT2D eigenvalue weighted by Gasteiger charge is -2.30. The van der Waals surface area contributed by atoms with Crippen LogP contribution in [0.4, 0.5) is 11.6 Å². The molecule has 4 aromatic rings. The number of nitrogens with two attached hydrogens (primary N) is 2. The van der Waals surface area contributed by atoms with Gasteiger partial charge in [0.25, 0.3) is 0 Å². The van der Waals surface area contributed by atoms with Crippen LogP contribution in [0.2, 0.25) is 0 Å². The Labute approximate surface area is 258 Å². The van der Waals surface area contributed by atoms with Crippen LogP contribution in [-0.4, -0.2) is 92.8 Å². The van der Waals surface area contributed by atoms with Crippen LogP contribution < -0.4 is 11.5 Å². The Balaban J connectivity index is 1.17. The molecule has 10 atom stereocenters. The molecule has 3 fully saturated rings. The zero-order chi connectivity index (χ0) is 31.0. The van der Waals surface area contributed by atoms with Crippen LogP contribution in [0.5, 0.6) is 0 Å². The summed E-state index contributed by atoms with van der Waals surface area (Å²) in [6, 6.07) is 0. The van der Waals surface area contributed by atoms with Crippen molar-refractivity contribution in [1.29, 1.82) is 0 Å². The monoisotopic (exact) mass is 688 g/mol. The van der Waals surface area contributed by atoms with Crippen molar-refractivity contribution >= 4 is 71.5 Å².